The predicted octanol–water partition coefficient (Wildman–Crippen LogP) is 4.18. The number of benzene rings is 2. The van der Waals surface area contributed by atoms with Crippen LogP contribution < -0.4 is 0 Å². The number of nitrogens with zero attached hydrogens (tertiary/aromatic N) is 1. The molecule has 1 atom stereocenters. The van der Waals surface area contributed by atoms with Crippen LogP contribution in [0.15, 0.2) is 65.8 Å². The second-order valence-electron chi connectivity index (χ2n) is 6.58. The lowest BCUT2D eigenvalue weighted by Gasteiger charge is -2.22. The number of hydrogen-bond acceptors (Lipinski definition) is 3. The zero-order valence-corrected chi connectivity index (χ0v) is 13.7. The summed E-state index contributed by atoms with van der Waals surface area (Å²) in [4.78, 5) is 15.8. The van der Waals surface area contributed by atoms with Gasteiger partial charge in [-0.2, -0.15) is 0 Å². The third kappa shape index (κ3) is 2.37. The molecule has 0 aromatic heterocycles. The Labute approximate surface area is 137 Å². The molecule has 23 heavy (non-hydrogen) atoms. The van der Waals surface area contributed by atoms with Gasteiger partial charge in [-0.05, 0) is 16.5 Å². The molecule has 3 heteroatoms. The summed E-state index contributed by atoms with van der Waals surface area (Å²) in [6.45, 7) is 5.83. The normalized spacial score (nSPS) is 21.1. The van der Waals surface area contributed by atoms with Crippen molar-refractivity contribution in [3.05, 3.63) is 71.8 Å². The van der Waals surface area contributed by atoms with Gasteiger partial charge in [-0.15, -0.1) is 0 Å². The Morgan fingerprint density at radius 1 is 1.00 bits per heavy atom. The molecule has 1 saturated carbocycles. The van der Waals surface area contributed by atoms with Crippen molar-refractivity contribution in [2.45, 2.75) is 26.2 Å². The standard InChI is InChI=1S/C20H21NO2/c1-15(22)23-21-14-18-19(2,3)20(18,16-10-6-4-7-11-16)17-12-8-5-9-13-17/h4-14,18H,1-3H3/b21-14+. The Hall–Kier alpha value is -2.42. The first-order valence-corrected chi connectivity index (χ1v) is 7.83. The quantitative estimate of drug-likeness (QED) is 0.483. The monoisotopic (exact) mass is 307 g/mol. The highest BCUT2D eigenvalue weighted by Crippen LogP contribution is 2.71. The van der Waals surface area contributed by atoms with Crippen molar-refractivity contribution >= 4 is 12.2 Å². The van der Waals surface area contributed by atoms with Crippen LogP contribution in [0.4, 0.5) is 0 Å². The molecule has 3 rings (SSSR count). The van der Waals surface area contributed by atoms with Gasteiger partial charge in [-0.1, -0.05) is 79.7 Å². The Balaban J connectivity index is 2.08. The molecule has 0 amide bonds. The molecule has 1 aliphatic carbocycles. The van der Waals surface area contributed by atoms with Crippen LogP contribution in [0.3, 0.4) is 0 Å². The molecule has 1 aliphatic rings. The number of hydrogen-bond donors (Lipinski definition) is 0. The van der Waals surface area contributed by atoms with E-state index in [0.29, 0.717) is 0 Å². The fourth-order valence-corrected chi connectivity index (χ4v) is 3.94. The van der Waals surface area contributed by atoms with E-state index in [4.69, 9.17) is 4.84 Å². The van der Waals surface area contributed by atoms with E-state index in [0.717, 1.165) is 0 Å². The van der Waals surface area contributed by atoms with E-state index < -0.39 is 5.97 Å². The van der Waals surface area contributed by atoms with Crippen LogP contribution in [0.25, 0.3) is 0 Å². The predicted molar refractivity (Wildman–Crippen MR) is 91.2 cm³/mol. The molecule has 0 saturated heterocycles. The molecule has 2 aromatic rings. The van der Waals surface area contributed by atoms with Crippen molar-refractivity contribution in [3.8, 4) is 0 Å². The van der Waals surface area contributed by atoms with Gasteiger partial charge in [0, 0.05) is 24.5 Å². The molecule has 1 fully saturated rings. The summed E-state index contributed by atoms with van der Waals surface area (Å²) in [6.07, 6.45) is 1.78. The topological polar surface area (TPSA) is 38.7 Å². The lowest BCUT2D eigenvalue weighted by Crippen LogP contribution is -2.17. The Morgan fingerprint density at radius 3 is 1.91 bits per heavy atom. The molecular weight excluding hydrogens is 286 g/mol. The lowest BCUT2D eigenvalue weighted by molar-refractivity contribution is -0.140. The largest absolute Gasteiger partial charge is 0.331 e. The fourth-order valence-electron chi connectivity index (χ4n) is 3.94. The maximum Gasteiger partial charge on any atom is 0.331 e. The molecule has 0 aliphatic heterocycles. The smallest absolute Gasteiger partial charge is 0.319 e. The van der Waals surface area contributed by atoms with E-state index in [1.807, 2.05) is 12.1 Å². The van der Waals surface area contributed by atoms with Gasteiger partial charge in [0.1, 0.15) is 0 Å². The summed E-state index contributed by atoms with van der Waals surface area (Å²) in [5, 5.41) is 3.90. The molecule has 1 unspecified atom stereocenters. The molecule has 0 spiro atoms. The third-order valence-corrected chi connectivity index (χ3v) is 5.03. The lowest BCUT2D eigenvalue weighted by atomic mass is 9.81. The number of oxime groups is 1. The van der Waals surface area contributed by atoms with E-state index in [9.17, 15) is 4.79 Å². The molecule has 2 aromatic carbocycles. The highest BCUT2D eigenvalue weighted by Gasteiger charge is 2.71. The summed E-state index contributed by atoms with van der Waals surface area (Å²) in [5.41, 5.74) is 2.35. The minimum absolute atomic E-state index is 0.0145. The summed E-state index contributed by atoms with van der Waals surface area (Å²) in [5.74, 6) is -0.233. The van der Waals surface area contributed by atoms with Gasteiger partial charge in [-0.25, -0.2) is 4.79 Å². The van der Waals surface area contributed by atoms with Crippen LogP contribution in [-0.4, -0.2) is 12.2 Å². The minimum atomic E-state index is -0.398. The maximum atomic E-state index is 11.0. The van der Waals surface area contributed by atoms with E-state index >= 15 is 0 Å². The highest BCUT2D eigenvalue weighted by molar-refractivity contribution is 5.77. The average Bonchev–Trinajstić information content (AvgIpc) is 3.05. The summed E-state index contributed by atoms with van der Waals surface area (Å²) >= 11 is 0. The van der Waals surface area contributed by atoms with E-state index in [1.165, 1.54) is 18.1 Å². The first-order chi connectivity index (χ1) is 11.0. The van der Waals surface area contributed by atoms with Crippen molar-refractivity contribution in [1.82, 2.24) is 0 Å². The zero-order chi connectivity index (χ0) is 16.5. The van der Waals surface area contributed by atoms with Gasteiger partial charge in [0.2, 0.25) is 0 Å². The van der Waals surface area contributed by atoms with E-state index in [-0.39, 0.29) is 16.7 Å². The van der Waals surface area contributed by atoms with Crippen molar-refractivity contribution in [1.29, 1.82) is 0 Å². The van der Waals surface area contributed by atoms with Crippen LogP contribution in [0.2, 0.25) is 0 Å². The third-order valence-electron chi connectivity index (χ3n) is 5.03. The highest BCUT2D eigenvalue weighted by atomic mass is 16.7. The second-order valence-corrected chi connectivity index (χ2v) is 6.58. The van der Waals surface area contributed by atoms with Gasteiger partial charge in [0.05, 0.1) is 0 Å². The van der Waals surface area contributed by atoms with E-state index in [1.54, 1.807) is 6.21 Å². The first kappa shape index (κ1) is 15.5. The average molecular weight is 307 g/mol. The molecule has 0 heterocycles. The van der Waals surface area contributed by atoms with Crippen molar-refractivity contribution in [2.75, 3.05) is 0 Å². The van der Waals surface area contributed by atoms with Gasteiger partial charge in [0.25, 0.3) is 0 Å². The maximum absolute atomic E-state index is 11.0. The van der Waals surface area contributed by atoms with Gasteiger partial charge in [0.15, 0.2) is 0 Å². The number of rotatable bonds is 4. The van der Waals surface area contributed by atoms with Crippen LogP contribution in [0, 0.1) is 11.3 Å². The Bertz CT molecular complexity index is 680. The SMILES string of the molecule is CC(=O)O/N=C/C1C(C)(C)C1(c1ccccc1)c1ccccc1. The second kappa shape index (κ2) is 5.65. The number of carbonyl (C=O) groups is 1. The Kier molecular flexibility index (Phi) is 3.80. The molecule has 118 valence electrons. The van der Waals surface area contributed by atoms with Crippen LogP contribution in [-0.2, 0) is 15.0 Å². The summed E-state index contributed by atoms with van der Waals surface area (Å²) < 4.78 is 0. The van der Waals surface area contributed by atoms with Crippen molar-refractivity contribution in [2.24, 2.45) is 16.5 Å². The van der Waals surface area contributed by atoms with Gasteiger partial charge in [-0.3, -0.25) is 0 Å². The van der Waals surface area contributed by atoms with Crippen LogP contribution >= 0.6 is 0 Å². The molecule has 3 nitrogen and oxygen atoms in total. The van der Waals surface area contributed by atoms with Gasteiger partial charge >= 0.3 is 5.97 Å². The zero-order valence-electron chi connectivity index (χ0n) is 13.7. The fraction of sp³-hybridized carbons (Fsp3) is 0.300. The molecule has 0 N–H and O–H groups in total. The first-order valence-electron chi connectivity index (χ1n) is 7.83. The molecule has 0 bridgehead atoms. The molecule has 0 radical (unpaired) electrons. The Morgan fingerprint density at radius 2 is 1.48 bits per heavy atom. The van der Waals surface area contributed by atoms with Crippen LogP contribution in [0.5, 0.6) is 0 Å². The van der Waals surface area contributed by atoms with Crippen LogP contribution in [0.1, 0.15) is 31.9 Å². The number of carbonyl (C=O) groups excluding carboxylic acids is 1. The minimum Gasteiger partial charge on any atom is -0.319 e. The molecular formula is C20H21NO2. The summed E-state index contributed by atoms with van der Waals surface area (Å²) in [7, 11) is 0. The van der Waals surface area contributed by atoms with Crippen molar-refractivity contribution in [3.63, 3.8) is 0 Å². The summed E-state index contributed by atoms with van der Waals surface area (Å²) in [6, 6.07) is 21.0. The van der Waals surface area contributed by atoms with Gasteiger partial charge < -0.3 is 4.84 Å². The van der Waals surface area contributed by atoms with Crippen molar-refractivity contribution < 1.29 is 9.63 Å². The van der Waals surface area contributed by atoms with E-state index in [2.05, 4.69) is 67.5 Å².